The van der Waals surface area contributed by atoms with Crippen molar-refractivity contribution < 1.29 is 4.79 Å². The van der Waals surface area contributed by atoms with Gasteiger partial charge in [-0.2, -0.15) is 0 Å². The lowest BCUT2D eigenvalue weighted by Crippen LogP contribution is -2.49. The zero-order chi connectivity index (χ0) is 18.5. The van der Waals surface area contributed by atoms with Crippen molar-refractivity contribution in [2.45, 2.75) is 25.9 Å². The molecule has 2 aromatic heterocycles. The summed E-state index contributed by atoms with van der Waals surface area (Å²) in [6, 6.07) is 12.4. The largest absolute Gasteiger partial charge is 0.361 e. The molecule has 1 saturated heterocycles. The highest BCUT2D eigenvalue weighted by Crippen LogP contribution is 2.32. The molecular weight excluding hydrogens is 336 g/mol. The van der Waals surface area contributed by atoms with Crippen molar-refractivity contribution in [3.05, 3.63) is 71.0 Å². The number of benzene rings is 2. The maximum Gasteiger partial charge on any atom is 0.241 e. The average Bonchev–Trinajstić information content (AvgIpc) is 3.25. The Balaban J connectivity index is 1.53. The van der Waals surface area contributed by atoms with Gasteiger partial charge in [0, 0.05) is 46.3 Å². The van der Waals surface area contributed by atoms with Gasteiger partial charge in [0.25, 0.3) is 0 Å². The van der Waals surface area contributed by atoms with E-state index in [0.717, 1.165) is 22.0 Å². The van der Waals surface area contributed by atoms with Crippen molar-refractivity contribution in [3.63, 3.8) is 0 Å². The summed E-state index contributed by atoms with van der Waals surface area (Å²) in [6.07, 6.45) is 4.00. The number of carbonyl (C=O) groups is 1. The summed E-state index contributed by atoms with van der Waals surface area (Å²) in [5, 5.41) is 8.93. The molecule has 27 heavy (non-hydrogen) atoms. The van der Waals surface area contributed by atoms with Gasteiger partial charge in [-0.05, 0) is 42.7 Å². The number of aromatic amines is 2. The first-order valence-electron chi connectivity index (χ1n) is 9.29. The fourth-order valence-electron chi connectivity index (χ4n) is 4.12. The first kappa shape index (κ1) is 16.1. The Morgan fingerprint density at radius 3 is 2.11 bits per heavy atom. The van der Waals surface area contributed by atoms with Gasteiger partial charge < -0.3 is 15.3 Å². The van der Waals surface area contributed by atoms with Crippen molar-refractivity contribution in [1.29, 1.82) is 0 Å². The van der Waals surface area contributed by atoms with Crippen molar-refractivity contribution in [2.24, 2.45) is 0 Å². The van der Waals surface area contributed by atoms with E-state index >= 15 is 0 Å². The van der Waals surface area contributed by atoms with Gasteiger partial charge in [0.2, 0.25) is 5.91 Å². The lowest BCUT2D eigenvalue weighted by Gasteiger charge is -2.31. The Bertz CT molecular complexity index is 1170. The summed E-state index contributed by atoms with van der Waals surface area (Å²) in [4.78, 5) is 19.3. The maximum atomic E-state index is 12.6. The van der Waals surface area contributed by atoms with Crippen LogP contribution < -0.4 is 10.6 Å². The number of amides is 1. The fourth-order valence-corrected chi connectivity index (χ4v) is 4.12. The SMILES string of the molecule is Cc1ccc2c(C3CNC(=O)[C@H](c4c[nH]c5cc(C)ccc45)N3)c[nH]c2c1. The maximum absolute atomic E-state index is 12.6. The molecule has 1 amide bonds. The van der Waals surface area contributed by atoms with Crippen LogP contribution in [-0.4, -0.2) is 22.4 Å². The van der Waals surface area contributed by atoms with Gasteiger partial charge in [0.1, 0.15) is 6.04 Å². The second-order valence-corrected chi connectivity index (χ2v) is 7.48. The number of aromatic nitrogens is 2. The van der Waals surface area contributed by atoms with Gasteiger partial charge in [0.05, 0.1) is 6.04 Å². The number of fused-ring (bicyclic) bond motifs is 2. The Morgan fingerprint density at radius 1 is 0.852 bits per heavy atom. The van der Waals surface area contributed by atoms with Crippen LogP contribution in [0.15, 0.2) is 48.8 Å². The van der Waals surface area contributed by atoms with E-state index in [4.69, 9.17) is 0 Å². The van der Waals surface area contributed by atoms with Crippen LogP contribution in [0.4, 0.5) is 0 Å². The normalized spacial score (nSPS) is 20.3. The number of hydrogen-bond acceptors (Lipinski definition) is 2. The van der Waals surface area contributed by atoms with E-state index in [9.17, 15) is 4.79 Å². The molecule has 4 N–H and O–H groups in total. The van der Waals surface area contributed by atoms with E-state index in [1.165, 1.54) is 22.1 Å². The number of aryl methyl sites for hydroxylation is 2. The highest BCUT2D eigenvalue weighted by molar-refractivity contribution is 5.93. The smallest absolute Gasteiger partial charge is 0.241 e. The molecule has 0 aliphatic carbocycles. The number of hydrogen-bond donors (Lipinski definition) is 4. The lowest BCUT2D eigenvalue weighted by molar-refractivity contribution is -0.125. The van der Waals surface area contributed by atoms with Crippen molar-refractivity contribution in [2.75, 3.05) is 6.54 Å². The molecule has 1 unspecified atom stereocenters. The minimum atomic E-state index is -0.379. The van der Waals surface area contributed by atoms with E-state index in [1.807, 2.05) is 6.20 Å². The monoisotopic (exact) mass is 358 g/mol. The van der Waals surface area contributed by atoms with Crippen molar-refractivity contribution >= 4 is 27.7 Å². The van der Waals surface area contributed by atoms with Crippen LogP contribution in [0.5, 0.6) is 0 Å². The van der Waals surface area contributed by atoms with E-state index in [2.05, 4.69) is 77.0 Å². The van der Waals surface area contributed by atoms with Gasteiger partial charge in [0.15, 0.2) is 0 Å². The summed E-state index contributed by atoms with van der Waals surface area (Å²) in [7, 11) is 0. The van der Waals surface area contributed by atoms with E-state index in [1.54, 1.807) is 0 Å². The predicted molar refractivity (Wildman–Crippen MR) is 108 cm³/mol. The standard InChI is InChI=1S/C22H22N4O/c1-12-3-5-14-16(9-23-18(14)7-12)20-11-25-22(27)21(26-20)17-10-24-19-8-13(2)4-6-15(17)19/h3-10,20-21,23-24,26H,11H2,1-2H3,(H,25,27)/t20?,21-/m0/s1. The first-order valence-corrected chi connectivity index (χ1v) is 9.29. The van der Waals surface area contributed by atoms with Crippen LogP contribution in [0.1, 0.15) is 34.3 Å². The summed E-state index contributed by atoms with van der Waals surface area (Å²) in [5.41, 5.74) is 6.79. The number of piperazine rings is 1. The van der Waals surface area contributed by atoms with Crippen LogP contribution in [0, 0.1) is 13.8 Å². The predicted octanol–water partition coefficient (Wildman–Crippen LogP) is 3.77. The average molecular weight is 358 g/mol. The third-order valence-electron chi connectivity index (χ3n) is 5.54. The summed E-state index contributed by atoms with van der Waals surface area (Å²) in [6.45, 7) is 4.74. The Kier molecular flexibility index (Phi) is 3.58. The molecule has 0 saturated carbocycles. The fraction of sp³-hybridized carbons (Fsp3) is 0.227. The molecule has 1 aliphatic rings. The molecule has 0 bridgehead atoms. The van der Waals surface area contributed by atoms with Gasteiger partial charge in [-0.1, -0.05) is 24.3 Å². The molecule has 1 aliphatic heterocycles. The molecule has 1 fully saturated rings. The van der Waals surface area contributed by atoms with Gasteiger partial charge >= 0.3 is 0 Å². The molecule has 0 radical (unpaired) electrons. The van der Waals surface area contributed by atoms with Crippen LogP contribution in [0.3, 0.4) is 0 Å². The zero-order valence-electron chi connectivity index (χ0n) is 15.4. The quantitative estimate of drug-likeness (QED) is 0.440. The topological polar surface area (TPSA) is 72.7 Å². The third kappa shape index (κ3) is 2.62. The second kappa shape index (κ2) is 5.99. The lowest BCUT2D eigenvalue weighted by atomic mass is 9.97. The molecule has 2 atom stereocenters. The number of nitrogens with one attached hydrogen (secondary N) is 4. The second-order valence-electron chi connectivity index (χ2n) is 7.48. The summed E-state index contributed by atoms with van der Waals surface area (Å²) >= 11 is 0. The highest BCUT2D eigenvalue weighted by atomic mass is 16.2. The minimum Gasteiger partial charge on any atom is -0.361 e. The summed E-state index contributed by atoms with van der Waals surface area (Å²) in [5.74, 6) is 0.0170. The molecule has 5 nitrogen and oxygen atoms in total. The number of carbonyl (C=O) groups excluding carboxylic acids is 1. The number of H-pyrrole nitrogens is 2. The molecule has 136 valence electrons. The first-order chi connectivity index (χ1) is 13.1. The van der Waals surface area contributed by atoms with Crippen molar-refractivity contribution in [1.82, 2.24) is 20.6 Å². The van der Waals surface area contributed by atoms with Gasteiger partial charge in [-0.3, -0.25) is 10.1 Å². The Hall–Kier alpha value is -3.05. The van der Waals surface area contributed by atoms with Crippen LogP contribution in [-0.2, 0) is 4.79 Å². The molecule has 4 aromatic rings. The zero-order valence-corrected chi connectivity index (χ0v) is 15.4. The molecule has 2 aromatic carbocycles. The van der Waals surface area contributed by atoms with Gasteiger partial charge in [-0.25, -0.2) is 0 Å². The Labute approximate surface area is 157 Å². The highest BCUT2D eigenvalue weighted by Gasteiger charge is 2.32. The molecule has 5 rings (SSSR count). The molecule has 3 heterocycles. The Morgan fingerprint density at radius 2 is 1.44 bits per heavy atom. The van der Waals surface area contributed by atoms with Crippen molar-refractivity contribution in [3.8, 4) is 0 Å². The van der Waals surface area contributed by atoms with Crippen LogP contribution >= 0.6 is 0 Å². The van der Waals surface area contributed by atoms with Gasteiger partial charge in [-0.15, -0.1) is 0 Å². The van der Waals surface area contributed by atoms with E-state index in [0.29, 0.717) is 6.54 Å². The molecular formula is C22H22N4O. The van der Waals surface area contributed by atoms with Crippen LogP contribution in [0.25, 0.3) is 21.8 Å². The minimum absolute atomic E-state index is 0.0170. The number of rotatable bonds is 2. The molecule has 0 spiro atoms. The molecule has 5 heteroatoms. The van der Waals surface area contributed by atoms with E-state index < -0.39 is 0 Å². The summed E-state index contributed by atoms with van der Waals surface area (Å²) < 4.78 is 0. The van der Waals surface area contributed by atoms with Crippen LogP contribution in [0.2, 0.25) is 0 Å². The third-order valence-corrected chi connectivity index (χ3v) is 5.54. The van der Waals surface area contributed by atoms with E-state index in [-0.39, 0.29) is 18.0 Å².